The van der Waals surface area contributed by atoms with E-state index in [0.717, 1.165) is 191 Å². The summed E-state index contributed by atoms with van der Waals surface area (Å²) in [5.41, 5.74) is 22.6. The number of aliphatic hydroxyl groups excluding tert-OH is 2. The molecule has 14 rings (SSSR count). The maximum atomic E-state index is 13.9. The highest BCUT2D eigenvalue weighted by atomic mass is 16.3. The molecule has 135 heavy (non-hydrogen) atoms. The van der Waals surface area contributed by atoms with Gasteiger partial charge in [-0.25, -0.2) is 0 Å². The van der Waals surface area contributed by atoms with Crippen LogP contribution in [0.25, 0.3) is 33.4 Å². The van der Waals surface area contributed by atoms with E-state index in [1.54, 1.807) is 0 Å². The first-order chi connectivity index (χ1) is 64.8. The molecular weight excluding hydrogens is 1700 g/mol. The maximum absolute atomic E-state index is 13.9. The number of H-pyrrole nitrogens is 3. The number of carbonyl (C=O) groups excluding carboxylic acids is 6. The van der Waals surface area contributed by atoms with Gasteiger partial charge in [-0.3, -0.25) is 57.9 Å². The fourth-order valence-electron chi connectivity index (χ4n) is 19.9. The quantitative estimate of drug-likeness (QED) is 0.0182. The zero-order valence-corrected chi connectivity index (χ0v) is 81.4. The Bertz CT molecular complexity index is 5960. The lowest BCUT2D eigenvalue weighted by Crippen LogP contribution is -2.39. The molecule has 3 aromatic heterocycles. The minimum absolute atomic E-state index is 0.0500. The fraction of sp³-hybridized carbons (Fsp3) is 0.422. The number of nitrogens with one attached hydrogen (secondary N) is 6. The Morgan fingerprint density at radius 2 is 0.763 bits per heavy atom. The van der Waals surface area contributed by atoms with Crippen molar-refractivity contribution in [3.05, 3.63) is 297 Å². The highest BCUT2D eigenvalue weighted by Gasteiger charge is 2.36. The van der Waals surface area contributed by atoms with Gasteiger partial charge in [0.15, 0.2) is 0 Å². The summed E-state index contributed by atoms with van der Waals surface area (Å²) in [4.78, 5) is 144. The number of rotatable bonds is 32. The zero-order chi connectivity index (χ0) is 97.0. The number of amides is 6. The first-order valence-electron chi connectivity index (χ1n) is 47.9. The summed E-state index contributed by atoms with van der Waals surface area (Å²) >= 11 is 0. The number of likely N-dealkylation sites (N-methyl/N-ethyl adjacent to an activating group) is 4. The van der Waals surface area contributed by atoms with Crippen LogP contribution in [-0.4, -0.2) is 220 Å². The first kappa shape index (κ1) is 101. The van der Waals surface area contributed by atoms with E-state index < -0.39 is 0 Å². The largest absolute Gasteiger partial charge is 0.395 e. The number of aromatic amines is 3. The van der Waals surface area contributed by atoms with Crippen LogP contribution in [0.3, 0.4) is 0 Å². The molecule has 3 unspecified atom stereocenters. The Labute approximate surface area is 795 Å². The molecule has 6 amide bonds. The normalized spacial score (nSPS) is 16.3. The zero-order valence-electron chi connectivity index (χ0n) is 81.4. The number of nitrogens with zero attached hydrogens (tertiary/aromatic N) is 9. The fourth-order valence-corrected chi connectivity index (χ4v) is 19.9. The van der Waals surface area contributed by atoms with E-state index in [-0.39, 0.29) is 103 Å². The van der Waals surface area contributed by atoms with Crippen molar-refractivity contribution in [3.8, 4) is 33.4 Å². The van der Waals surface area contributed by atoms with Crippen LogP contribution in [0.4, 0.5) is 17.1 Å². The van der Waals surface area contributed by atoms with E-state index >= 15 is 0 Å². The number of aliphatic hydroxyl groups is 2. The predicted octanol–water partition coefficient (Wildman–Crippen LogP) is 13.9. The molecule has 716 valence electrons. The van der Waals surface area contributed by atoms with Gasteiger partial charge in [-0.15, -0.1) is 0 Å². The summed E-state index contributed by atoms with van der Waals surface area (Å²) in [7, 11) is 1.97. The highest BCUT2D eigenvalue weighted by molar-refractivity contribution is 6.01. The Morgan fingerprint density at radius 1 is 0.415 bits per heavy atom. The van der Waals surface area contributed by atoms with Crippen molar-refractivity contribution in [3.63, 3.8) is 0 Å². The van der Waals surface area contributed by atoms with E-state index in [1.165, 1.54) is 48.6 Å². The van der Waals surface area contributed by atoms with Gasteiger partial charge in [-0.05, 0) is 311 Å². The summed E-state index contributed by atoms with van der Waals surface area (Å²) < 4.78 is 0. The Balaban J connectivity index is 0.000000182. The van der Waals surface area contributed by atoms with E-state index in [1.807, 2.05) is 120 Å². The van der Waals surface area contributed by atoms with Crippen molar-refractivity contribution >= 4 is 52.5 Å². The van der Waals surface area contributed by atoms with E-state index in [2.05, 4.69) is 192 Å². The predicted molar refractivity (Wildman–Crippen MR) is 541 cm³/mol. The van der Waals surface area contributed by atoms with Crippen molar-refractivity contribution in [1.29, 1.82) is 0 Å². The minimum Gasteiger partial charge on any atom is -0.395 e. The van der Waals surface area contributed by atoms with E-state index in [0.29, 0.717) is 92.3 Å². The van der Waals surface area contributed by atoms with Gasteiger partial charge < -0.3 is 70.5 Å². The maximum Gasteiger partial charge on any atom is 0.253 e. The topological polar surface area (TPSA) is 307 Å². The molecule has 0 radical (unpaired) electrons. The number of hydrogen-bond donors (Lipinski definition) is 8. The lowest BCUT2D eigenvalue weighted by molar-refractivity contribution is -0.125. The molecule has 6 aromatic carbocycles. The number of anilines is 3. The monoisotopic (exact) mass is 1830 g/mol. The van der Waals surface area contributed by atoms with Crippen molar-refractivity contribution in [2.45, 2.75) is 198 Å². The number of carbonyl (C=O) groups is 6. The molecule has 3 atom stereocenters. The van der Waals surface area contributed by atoms with Crippen molar-refractivity contribution in [2.75, 3.05) is 120 Å². The number of aromatic nitrogens is 3. The van der Waals surface area contributed by atoms with E-state index in [4.69, 9.17) is 0 Å². The summed E-state index contributed by atoms with van der Waals surface area (Å²) in [5.74, 6) is -0.893. The third-order valence-electron chi connectivity index (χ3n) is 27.4. The van der Waals surface area contributed by atoms with Gasteiger partial charge in [0.2, 0.25) is 17.7 Å². The van der Waals surface area contributed by atoms with Crippen LogP contribution < -0.4 is 47.3 Å². The van der Waals surface area contributed by atoms with Crippen LogP contribution in [-0.2, 0) is 53.7 Å². The average molecular weight is 1840 g/mol. The summed E-state index contributed by atoms with van der Waals surface area (Å²) in [6.45, 7) is 48.0. The van der Waals surface area contributed by atoms with Crippen LogP contribution in [0, 0.1) is 62.3 Å². The lowest BCUT2D eigenvalue weighted by Gasteiger charge is -2.32. The van der Waals surface area contributed by atoms with Crippen LogP contribution in [0.1, 0.15) is 187 Å². The lowest BCUT2D eigenvalue weighted by atomic mass is 9.95. The Kier molecular flexibility index (Phi) is 35.3. The molecule has 5 saturated heterocycles. The molecule has 5 aliphatic rings. The molecule has 9 aromatic rings. The molecule has 0 saturated carbocycles. The molecule has 0 aliphatic carbocycles. The number of likely N-dealkylation sites (tertiary alicyclic amines) is 5. The molecule has 0 bridgehead atoms. The second-order valence-electron chi connectivity index (χ2n) is 36.9. The second-order valence-corrected chi connectivity index (χ2v) is 36.9. The summed E-state index contributed by atoms with van der Waals surface area (Å²) in [6.07, 6.45) is 11.8. The molecule has 0 spiro atoms. The molecule has 26 heteroatoms. The standard InChI is InChI=1S/C37H47N5O4.C37H47N5O3.C35H45N5O4/c1-6-35(44)41-17-12-30(23-41)42(7-2)34-20-29(28-10-8-27(9-11-28)22-40-15-13-31(43)14-16-40)19-32(26(34)5)36(45)38-21-33-24(3)18-25(4)39-37(33)46;1-6-35(43)41-17-14-31(24-41)42(7-2)34-21-30(29-13-11-12-28(19-29)23-40-15-9-8-10-16-40)20-32(27(34)5)36(44)38-22-33-25(3)18-26(4)39-37(33)45;1-7-33(42)39-14-13-29(22-39)40(8-2)32-19-28(27-11-9-26(10-12-27)21-38(6)15-16-41)18-30(25(32)5)34(43)36-20-31-23(3)17-24(4)37-35(31)44/h6,8-11,18-20,30-31,43H,1,7,12-17,21-23H2,2-5H3,(H,38,45)(H,39,46);6,11-13,18-21,31H,1,7-10,14-17,22-24H2,2-5H3,(H,38,44)(H,39,45);7,9-12,17-19,29,41H,1,8,13-16,20-22H2,2-6H3,(H,36,43)(H,37,44). The smallest absolute Gasteiger partial charge is 0.253 e. The van der Waals surface area contributed by atoms with Gasteiger partial charge in [0.25, 0.3) is 34.4 Å². The Hall–Kier alpha value is -12.6. The average Bonchev–Trinajstić information content (AvgIpc) is 1.78. The van der Waals surface area contributed by atoms with Gasteiger partial charge in [-0.1, -0.05) is 92.9 Å². The van der Waals surface area contributed by atoms with Gasteiger partial charge in [0.1, 0.15) is 0 Å². The molecular formula is C109H139N15O11. The SMILES string of the molecule is C=CC(=O)N1CCC(N(CC)c2cc(-c3ccc(CN(C)CCO)cc3)cc(C(=O)NCc3c(C)cc(C)[nH]c3=O)c2C)C1.C=CC(=O)N1CCC(N(CC)c2cc(-c3ccc(CN4CCC(O)CC4)cc3)cc(C(=O)NCc3c(C)cc(C)[nH]c3=O)c2C)C1.C=CC(=O)N1CCC(N(CC)c2cc(-c3cccc(CN4CCCCC4)c3)cc(C(=O)NCc3c(C)cc(C)[nH]c3=O)c2C)C1. The van der Waals surface area contributed by atoms with Gasteiger partial charge >= 0.3 is 0 Å². The van der Waals surface area contributed by atoms with Crippen LogP contribution in [0.2, 0.25) is 0 Å². The third-order valence-corrected chi connectivity index (χ3v) is 27.4. The van der Waals surface area contributed by atoms with Crippen molar-refractivity contribution in [1.82, 2.24) is 60.3 Å². The highest BCUT2D eigenvalue weighted by Crippen LogP contribution is 2.39. The van der Waals surface area contributed by atoms with Gasteiger partial charge in [0.05, 0.1) is 12.7 Å². The summed E-state index contributed by atoms with van der Waals surface area (Å²) in [6, 6.07) is 43.8. The van der Waals surface area contributed by atoms with Crippen molar-refractivity contribution < 1.29 is 39.0 Å². The van der Waals surface area contributed by atoms with E-state index in [9.17, 15) is 53.4 Å². The van der Waals surface area contributed by atoms with Crippen molar-refractivity contribution in [2.24, 2.45) is 0 Å². The van der Waals surface area contributed by atoms with Gasteiger partial charge in [-0.2, -0.15) is 0 Å². The number of pyridine rings is 3. The second kappa shape index (κ2) is 47.1. The first-order valence-corrected chi connectivity index (χ1v) is 47.9. The molecule has 8 N–H and O–H groups in total. The summed E-state index contributed by atoms with van der Waals surface area (Å²) in [5, 5.41) is 28.2. The molecule has 26 nitrogen and oxygen atoms in total. The van der Waals surface area contributed by atoms with Gasteiger partial charge in [0, 0.05) is 203 Å². The Morgan fingerprint density at radius 3 is 1.11 bits per heavy atom. The van der Waals surface area contributed by atoms with Crippen LogP contribution in [0.5, 0.6) is 0 Å². The number of piperidine rings is 2. The molecule has 5 fully saturated rings. The number of aryl methyl sites for hydroxylation is 6. The number of benzene rings is 6. The third kappa shape index (κ3) is 25.5. The molecule has 5 aliphatic heterocycles. The molecule has 8 heterocycles. The number of hydrogen-bond acceptors (Lipinski definition) is 17. The van der Waals surface area contributed by atoms with Crippen LogP contribution in [0.15, 0.2) is 180 Å². The minimum atomic E-state index is -0.252. The van der Waals surface area contributed by atoms with Crippen LogP contribution >= 0.6 is 0 Å².